The van der Waals surface area contributed by atoms with Crippen molar-refractivity contribution in [3.8, 4) is 0 Å². The second-order valence-corrected chi connectivity index (χ2v) is 6.22. The molecule has 1 N–H and O–H groups in total. The van der Waals surface area contributed by atoms with E-state index in [0.29, 0.717) is 12.3 Å². The quantitative estimate of drug-likeness (QED) is 0.837. The summed E-state index contributed by atoms with van der Waals surface area (Å²) < 4.78 is 5.42. The Morgan fingerprint density at radius 2 is 1.91 bits per heavy atom. The fourth-order valence-corrected chi connectivity index (χ4v) is 2.40. The van der Waals surface area contributed by atoms with Gasteiger partial charge in [-0.25, -0.2) is 0 Å². The van der Waals surface area contributed by atoms with Crippen LogP contribution in [0.4, 0.5) is 0 Å². The van der Waals surface area contributed by atoms with Gasteiger partial charge in [-0.3, -0.25) is 4.79 Å². The minimum absolute atomic E-state index is 0.0703. The van der Waals surface area contributed by atoms with Gasteiger partial charge in [-0.2, -0.15) is 0 Å². The minimum Gasteiger partial charge on any atom is -0.469 e. The van der Waals surface area contributed by atoms with Gasteiger partial charge in [0.1, 0.15) is 5.76 Å². The molecular formula is C19H25NO2. The van der Waals surface area contributed by atoms with Gasteiger partial charge < -0.3 is 9.73 Å². The topological polar surface area (TPSA) is 42.2 Å². The standard InChI is InChI=1S/C19H25NO2/c1-14(2)10-11-20-19(21)18(13-17-5-4-12-22-17)16-8-6-15(3)7-9-16/h4-9,12,14,18H,10-11,13H2,1-3H3,(H,20,21). The molecule has 118 valence electrons. The molecule has 2 aromatic rings. The van der Waals surface area contributed by atoms with Crippen molar-refractivity contribution < 1.29 is 9.21 Å². The van der Waals surface area contributed by atoms with E-state index in [2.05, 4.69) is 19.2 Å². The molecule has 2 rings (SSSR count). The van der Waals surface area contributed by atoms with Crippen LogP contribution in [0.25, 0.3) is 0 Å². The maximum absolute atomic E-state index is 12.6. The van der Waals surface area contributed by atoms with E-state index in [9.17, 15) is 4.79 Å². The number of amides is 1. The van der Waals surface area contributed by atoms with Gasteiger partial charge in [0.15, 0.2) is 0 Å². The summed E-state index contributed by atoms with van der Waals surface area (Å²) in [6.07, 6.45) is 3.23. The van der Waals surface area contributed by atoms with Crippen molar-refractivity contribution in [1.29, 1.82) is 0 Å². The zero-order valence-corrected chi connectivity index (χ0v) is 13.6. The molecule has 0 bridgehead atoms. The number of nitrogens with one attached hydrogen (secondary N) is 1. The predicted molar refractivity (Wildman–Crippen MR) is 88.8 cm³/mol. The maximum Gasteiger partial charge on any atom is 0.228 e. The first-order valence-electron chi connectivity index (χ1n) is 7.93. The summed E-state index contributed by atoms with van der Waals surface area (Å²) in [4.78, 5) is 12.6. The normalized spacial score (nSPS) is 12.4. The molecule has 1 amide bonds. The van der Waals surface area contributed by atoms with Crippen molar-refractivity contribution in [3.63, 3.8) is 0 Å². The molecule has 1 aromatic carbocycles. The second kappa shape index (κ2) is 7.83. The van der Waals surface area contributed by atoms with Gasteiger partial charge in [-0.15, -0.1) is 0 Å². The number of carbonyl (C=O) groups excluding carboxylic acids is 1. The zero-order chi connectivity index (χ0) is 15.9. The lowest BCUT2D eigenvalue weighted by atomic mass is 9.93. The van der Waals surface area contributed by atoms with Crippen LogP contribution in [0, 0.1) is 12.8 Å². The number of aryl methyl sites for hydroxylation is 1. The van der Waals surface area contributed by atoms with Gasteiger partial charge in [0.2, 0.25) is 5.91 Å². The summed E-state index contributed by atoms with van der Waals surface area (Å²) in [5.74, 6) is 1.28. The van der Waals surface area contributed by atoms with E-state index >= 15 is 0 Å². The molecule has 3 nitrogen and oxygen atoms in total. The molecule has 0 spiro atoms. The fraction of sp³-hybridized carbons (Fsp3) is 0.421. The second-order valence-electron chi connectivity index (χ2n) is 6.22. The molecule has 1 atom stereocenters. The lowest BCUT2D eigenvalue weighted by Crippen LogP contribution is -2.31. The van der Waals surface area contributed by atoms with Crippen LogP contribution in [0.1, 0.15) is 43.1 Å². The Hall–Kier alpha value is -2.03. The molecular weight excluding hydrogens is 274 g/mol. The van der Waals surface area contributed by atoms with E-state index in [0.717, 1.165) is 24.3 Å². The van der Waals surface area contributed by atoms with Crippen LogP contribution in [0.15, 0.2) is 47.1 Å². The predicted octanol–water partition coefficient (Wildman–Crippen LogP) is 4.08. The number of rotatable bonds is 7. The average molecular weight is 299 g/mol. The van der Waals surface area contributed by atoms with Crippen molar-refractivity contribution in [3.05, 3.63) is 59.5 Å². The van der Waals surface area contributed by atoms with E-state index in [-0.39, 0.29) is 11.8 Å². The van der Waals surface area contributed by atoms with E-state index in [4.69, 9.17) is 4.42 Å². The SMILES string of the molecule is Cc1ccc(C(Cc2ccco2)C(=O)NCCC(C)C)cc1. The van der Waals surface area contributed by atoms with Gasteiger partial charge in [-0.05, 0) is 37.0 Å². The number of carbonyl (C=O) groups is 1. The summed E-state index contributed by atoms with van der Waals surface area (Å²) in [5, 5.41) is 3.06. The van der Waals surface area contributed by atoms with Crippen LogP contribution >= 0.6 is 0 Å². The Bertz CT molecular complexity index is 570. The number of benzene rings is 1. The van der Waals surface area contributed by atoms with Crippen LogP contribution in [-0.4, -0.2) is 12.5 Å². The Morgan fingerprint density at radius 3 is 2.50 bits per heavy atom. The van der Waals surface area contributed by atoms with Crippen LogP contribution in [0.2, 0.25) is 0 Å². The minimum atomic E-state index is -0.209. The molecule has 0 saturated heterocycles. The fourth-order valence-electron chi connectivity index (χ4n) is 2.40. The highest BCUT2D eigenvalue weighted by atomic mass is 16.3. The van der Waals surface area contributed by atoms with Crippen molar-refractivity contribution in [2.24, 2.45) is 5.92 Å². The smallest absolute Gasteiger partial charge is 0.228 e. The molecule has 1 heterocycles. The van der Waals surface area contributed by atoms with Gasteiger partial charge in [-0.1, -0.05) is 43.7 Å². The highest BCUT2D eigenvalue weighted by molar-refractivity contribution is 5.83. The van der Waals surface area contributed by atoms with Crippen LogP contribution < -0.4 is 5.32 Å². The first-order valence-corrected chi connectivity index (χ1v) is 7.93. The first-order chi connectivity index (χ1) is 10.6. The third-order valence-electron chi connectivity index (χ3n) is 3.80. The average Bonchev–Trinajstić information content (AvgIpc) is 2.98. The third kappa shape index (κ3) is 4.76. The van der Waals surface area contributed by atoms with Gasteiger partial charge in [0.05, 0.1) is 12.2 Å². The largest absolute Gasteiger partial charge is 0.469 e. The molecule has 22 heavy (non-hydrogen) atoms. The lowest BCUT2D eigenvalue weighted by molar-refractivity contribution is -0.122. The summed E-state index contributed by atoms with van der Waals surface area (Å²) in [7, 11) is 0. The van der Waals surface area contributed by atoms with Crippen molar-refractivity contribution in [2.45, 2.75) is 39.5 Å². The molecule has 0 fully saturated rings. The van der Waals surface area contributed by atoms with E-state index in [1.54, 1.807) is 6.26 Å². The molecule has 0 radical (unpaired) electrons. The molecule has 3 heteroatoms. The van der Waals surface area contributed by atoms with Gasteiger partial charge >= 0.3 is 0 Å². The van der Waals surface area contributed by atoms with Gasteiger partial charge in [0, 0.05) is 13.0 Å². The maximum atomic E-state index is 12.6. The summed E-state index contributed by atoms with van der Waals surface area (Å²) in [5.41, 5.74) is 2.23. The van der Waals surface area contributed by atoms with E-state index < -0.39 is 0 Å². The van der Waals surface area contributed by atoms with E-state index in [1.807, 2.05) is 43.3 Å². The van der Waals surface area contributed by atoms with Crippen molar-refractivity contribution >= 4 is 5.91 Å². The van der Waals surface area contributed by atoms with Crippen molar-refractivity contribution in [2.75, 3.05) is 6.54 Å². The number of hydrogen-bond donors (Lipinski definition) is 1. The first kappa shape index (κ1) is 16.3. The lowest BCUT2D eigenvalue weighted by Gasteiger charge is -2.17. The monoisotopic (exact) mass is 299 g/mol. The number of furan rings is 1. The molecule has 0 saturated carbocycles. The number of hydrogen-bond acceptors (Lipinski definition) is 2. The molecule has 0 aliphatic carbocycles. The van der Waals surface area contributed by atoms with Crippen LogP contribution in [-0.2, 0) is 11.2 Å². The Kier molecular flexibility index (Phi) is 5.82. The Labute approximate surface area is 132 Å². The molecule has 0 aliphatic rings. The van der Waals surface area contributed by atoms with Crippen LogP contribution in [0.3, 0.4) is 0 Å². The Morgan fingerprint density at radius 1 is 1.18 bits per heavy atom. The van der Waals surface area contributed by atoms with Gasteiger partial charge in [0.25, 0.3) is 0 Å². The molecule has 1 unspecified atom stereocenters. The summed E-state index contributed by atoms with van der Waals surface area (Å²) in [6.45, 7) is 7.09. The Balaban J connectivity index is 2.10. The third-order valence-corrected chi connectivity index (χ3v) is 3.80. The molecule has 1 aromatic heterocycles. The van der Waals surface area contributed by atoms with Crippen LogP contribution in [0.5, 0.6) is 0 Å². The summed E-state index contributed by atoms with van der Waals surface area (Å²) in [6, 6.07) is 11.9. The van der Waals surface area contributed by atoms with Crippen molar-refractivity contribution in [1.82, 2.24) is 5.32 Å². The zero-order valence-electron chi connectivity index (χ0n) is 13.6. The van der Waals surface area contributed by atoms with E-state index in [1.165, 1.54) is 5.56 Å². The highest BCUT2D eigenvalue weighted by Gasteiger charge is 2.22. The molecule has 0 aliphatic heterocycles. The highest BCUT2D eigenvalue weighted by Crippen LogP contribution is 2.22. The summed E-state index contributed by atoms with van der Waals surface area (Å²) >= 11 is 0.